The van der Waals surface area contributed by atoms with E-state index < -0.39 is 5.54 Å². The number of carbonyl (C=O) groups is 3. The van der Waals surface area contributed by atoms with Gasteiger partial charge in [0.05, 0.1) is 18.1 Å². The molecular formula is C21H31N3O4. The average Bonchev–Trinajstić information content (AvgIpc) is 2.68. The van der Waals surface area contributed by atoms with E-state index in [-0.39, 0.29) is 23.7 Å². The highest BCUT2D eigenvalue weighted by Crippen LogP contribution is 2.21. The molecule has 0 bridgehead atoms. The van der Waals surface area contributed by atoms with Crippen LogP contribution in [-0.4, -0.2) is 47.9 Å². The number of piperidine rings is 1. The van der Waals surface area contributed by atoms with Crippen LogP contribution >= 0.6 is 0 Å². The molecule has 1 saturated heterocycles. The fourth-order valence-electron chi connectivity index (χ4n) is 3.36. The van der Waals surface area contributed by atoms with Gasteiger partial charge in [0, 0.05) is 24.3 Å². The molecule has 2 rings (SSSR count). The van der Waals surface area contributed by atoms with Gasteiger partial charge in [-0.15, -0.1) is 0 Å². The molecule has 0 spiro atoms. The van der Waals surface area contributed by atoms with Crippen LogP contribution in [0.4, 0.5) is 5.69 Å². The van der Waals surface area contributed by atoms with Crippen molar-refractivity contribution >= 4 is 23.5 Å². The predicted molar refractivity (Wildman–Crippen MR) is 108 cm³/mol. The van der Waals surface area contributed by atoms with Crippen molar-refractivity contribution in [3.8, 4) is 0 Å². The number of rotatable bonds is 7. The largest absolute Gasteiger partial charge is 0.466 e. The number of amides is 2. The Hall–Kier alpha value is -2.41. The molecule has 0 aromatic heterocycles. The van der Waals surface area contributed by atoms with Crippen molar-refractivity contribution in [1.29, 1.82) is 0 Å². The van der Waals surface area contributed by atoms with Crippen LogP contribution in [0, 0.1) is 5.92 Å². The second-order valence-electron chi connectivity index (χ2n) is 7.52. The van der Waals surface area contributed by atoms with Gasteiger partial charge >= 0.3 is 5.97 Å². The van der Waals surface area contributed by atoms with Crippen LogP contribution in [0.3, 0.4) is 0 Å². The Labute approximate surface area is 166 Å². The second-order valence-corrected chi connectivity index (χ2v) is 7.52. The van der Waals surface area contributed by atoms with E-state index in [4.69, 9.17) is 10.5 Å². The van der Waals surface area contributed by atoms with E-state index in [2.05, 4.69) is 5.32 Å². The van der Waals surface area contributed by atoms with Gasteiger partial charge in [-0.05, 0) is 57.4 Å². The second kappa shape index (κ2) is 9.68. The summed E-state index contributed by atoms with van der Waals surface area (Å²) in [5, 5.41) is 2.80. The van der Waals surface area contributed by atoms with Gasteiger partial charge in [0.15, 0.2) is 0 Å². The fraction of sp³-hybridized carbons (Fsp3) is 0.571. The highest BCUT2D eigenvalue weighted by atomic mass is 16.5. The third-order valence-corrected chi connectivity index (χ3v) is 5.08. The summed E-state index contributed by atoms with van der Waals surface area (Å²) in [6.07, 6.45) is 2.65. The first kappa shape index (κ1) is 21.9. The van der Waals surface area contributed by atoms with Gasteiger partial charge in [-0.1, -0.05) is 13.3 Å². The van der Waals surface area contributed by atoms with Crippen LogP contribution < -0.4 is 11.1 Å². The summed E-state index contributed by atoms with van der Waals surface area (Å²) < 4.78 is 5.06. The molecule has 28 heavy (non-hydrogen) atoms. The van der Waals surface area contributed by atoms with Gasteiger partial charge in [0.25, 0.3) is 5.91 Å². The molecule has 1 aromatic rings. The normalized spacial score (nSPS) is 16.9. The molecule has 1 unspecified atom stereocenters. The van der Waals surface area contributed by atoms with Crippen molar-refractivity contribution in [3.05, 3.63) is 29.8 Å². The van der Waals surface area contributed by atoms with E-state index in [9.17, 15) is 14.4 Å². The smallest absolute Gasteiger partial charge is 0.309 e. The summed E-state index contributed by atoms with van der Waals surface area (Å²) in [7, 11) is 0. The Morgan fingerprint density at radius 1 is 1.18 bits per heavy atom. The standard InChI is InChI=1S/C21H31N3O4/c1-4-12-21(3,22)20(27)23-17-8-6-15(7-9-17)18(25)24-13-10-16(11-14-24)19(26)28-5-2/h6-9,16H,4-5,10-14,22H2,1-3H3,(H,23,27). The summed E-state index contributed by atoms with van der Waals surface area (Å²) in [4.78, 5) is 38.5. The van der Waals surface area contributed by atoms with E-state index >= 15 is 0 Å². The number of hydrogen-bond donors (Lipinski definition) is 2. The van der Waals surface area contributed by atoms with Crippen molar-refractivity contribution in [1.82, 2.24) is 4.90 Å². The third-order valence-electron chi connectivity index (χ3n) is 5.08. The Kier molecular flexibility index (Phi) is 7.57. The molecule has 0 aliphatic carbocycles. The highest BCUT2D eigenvalue weighted by molar-refractivity contribution is 5.99. The molecule has 1 aliphatic rings. The van der Waals surface area contributed by atoms with E-state index in [1.165, 1.54) is 0 Å². The first-order valence-corrected chi connectivity index (χ1v) is 9.94. The summed E-state index contributed by atoms with van der Waals surface area (Å²) >= 11 is 0. The van der Waals surface area contributed by atoms with Crippen LogP contribution in [0.2, 0.25) is 0 Å². The van der Waals surface area contributed by atoms with Crippen LogP contribution in [0.1, 0.15) is 56.8 Å². The van der Waals surface area contributed by atoms with Gasteiger partial charge in [-0.25, -0.2) is 0 Å². The number of benzene rings is 1. The molecule has 154 valence electrons. The fourth-order valence-corrected chi connectivity index (χ4v) is 3.36. The molecule has 2 amide bonds. The zero-order valence-corrected chi connectivity index (χ0v) is 17.0. The zero-order chi connectivity index (χ0) is 20.7. The van der Waals surface area contributed by atoms with Gasteiger partial charge in [0.1, 0.15) is 0 Å². The molecule has 0 radical (unpaired) electrons. The third kappa shape index (κ3) is 5.55. The Balaban J connectivity index is 1.92. The molecule has 1 fully saturated rings. The number of nitrogens with two attached hydrogens (primary N) is 1. The number of nitrogens with one attached hydrogen (secondary N) is 1. The monoisotopic (exact) mass is 389 g/mol. The molecule has 1 aliphatic heterocycles. The highest BCUT2D eigenvalue weighted by Gasteiger charge is 2.29. The van der Waals surface area contributed by atoms with Crippen LogP contribution in [-0.2, 0) is 14.3 Å². The Morgan fingerprint density at radius 3 is 2.32 bits per heavy atom. The summed E-state index contributed by atoms with van der Waals surface area (Å²) in [5.74, 6) is -0.621. The number of esters is 1. The topological polar surface area (TPSA) is 102 Å². The lowest BCUT2D eigenvalue weighted by Gasteiger charge is -2.31. The SMILES string of the molecule is CCCC(C)(N)C(=O)Nc1ccc(C(=O)N2CCC(C(=O)OCC)CC2)cc1. The minimum Gasteiger partial charge on any atom is -0.466 e. The summed E-state index contributed by atoms with van der Waals surface area (Å²) in [6, 6.07) is 6.81. The first-order chi connectivity index (χ1) is 13.3. The average molecular weight is 389 g/mol. The maximum Gasteiger partial charge on any atom is 0.309 e. The minimum absolute atomic E-state index is 0.0742. The zero-order valence-electron chi connectivity index (χ0n) is 17.0. The lowest BCUT2D eigenvalue weighted by Crippen LogP contribution is -2.48. The van der Waals surface area contributed by atoms with Gasteiger partial charge in [-0.2, -0.15) is 0 Å². The molecule has 1 heterocycles. The van der Waals surface area contributed by atoms with Crippen LogP contribution in [0.5, 0.6) is 0 Å². The number of carbonyl (C=O) groups excluding carboxylic acids is 3. The van der Waals surface area contributed by atoms with Gasteiger partial charge in [-0.3, -0.25) is 14.4 Å². The van der Waals surface area contributed by atoms with Crippen molar-refractivity contribution in [2.75, 3.05) is 25.0 Å². The van der Waals surface area contributed by atoms with Crippen molar-refractivity contribution in [2.45, 2.75) is 52.0 Å². The Morgan fingerprint density at radius 2 is 1.79 bits per heavy atom. The minimum atomic E-state index is -0.924. The molecule has 7 heteroatoms. The van der Waals surface area contributed by atoms with Crippen LogP contribution in [0.25, 0.3) is 0 Å². The van der Waals surface area contributed by atoms with Crippen LogP contribution in [0.15, 0.2) is 24.3 Å². The molecule has 3 N–H and O–H groups in total. The van der Waals surface area contributed by atoms with Gasteiger partial charge < -0.3 is 20.7 Å². The number of ether oxygens (including phenoxy) is 1. The van der Waals surface area contributed by atoms with Gasteiger partial charge in [0.2, 0.25) is 5.91 Å². The van der Waals surface area contributed by atoms with Crippen molar-refractivity contribution in [3.63, 3.8) is 0 Å². The molecule has 1 atom stereocenters. The maximum absolute atomic E-state index is 12.7. The summed E-state index contributed by atoms with van der Waals surface area (Å²) in [5.41, 5.74) is 6.28. The number of likely N-dealkylation sites (tertiary alicyclic amines) is 1. The number of nitrogens with zero attached hydrogens (tertiary/aromatic N) is 1. The predicted octanol–water partition coefficient (Wildman–Crippen LogP) is 2.56. The number of hydrogen-bond acceptors (Lipinski definition) is 5. The van der Waals surface area contributed by atoms with Crippen molar-refractivity contribution in [2.24, 2.45) is 11.7 Å². The quantitative estimate of drug-likeness (QED) is 0.698. The molecule has 7 nitrogen and oxygen atoms in total. The van der Waals surface area contributed by atoms with Crippen molar-refractivity contribution < 1.29 is 19.1 Å². The number of anilines is 1. The van der Waals surface area contributed by atoms with E-state index in [1.807, 2.05) is 6.92 Å². The molecule has 0 saturated carbocycles. The maximum atomic E-state index is 12.7. The van der Waals surface area contributed by atoms with E-state index in [0.29, 0.717) is 50.2 Å². The first-order valence-electron chi connectivity index (χ1n) is 9.94. The lowest BCUT2D eigenvalue weighted by atomic mass is 9.96. The summed E-state index contributed by atoms with van der Waals surface area (Å²) in [6.45, 7) is 6.92. The Bertz CT molecular complexity index is 692. The lowest BCUT2D eigenvalue weighted by molar-refractivity contribution is -0.149. The van der Waals surface area contributed by atoms with E-state index in [1.54, 1.807) is 43.0 Å². The molecular weight excluding hydrogens is 358 g/mol. The van der Waals surface area contributed by atoms with E-state index in [0.717, 1.165) is 6.42 Å². The molecule has 1 aromatic carbocycles.